The molecule has 0 radical (unpaired) electrons. The molecule has 3 nitrogen and oxygen atoms in total. The molecule has 1 saturated carbocycles. The van der Waals surface area contributed by atoms with Crippen LogP contribution in [0.25, 0.3) is 0 Å². The van der Waals surface area contributed by atoms with Crippen molar-refractivity contribution in [3.63, 3.8) is 0 Å². The highest BCUT2D eigenvalue weighted by Gasteiger charge is 2.47. The Morgan fingerprint density at radius 3 is 2.78 bits per heavy atom. The number of ether oxygens (including phenoxy) is 1. The zero-order valence-electron chi connectivity index (χ0n) is 12.9. The number of pyridine rings is 1. The predicted molar refractivity (Wildman–Crippen MR) is 82.8 cm³/mol. The van der Waals surface area contributed by atoms with Crippen molar-refractivity contribution in [2.24, 2.45) is 0 Å². The van der Waals surface area contributed by atoms with E-state index in [4.69, 9.17) is 4.74 Å². The van der Waals surface area contributed by atoms with E-state index in [1.54, 1.807) is 13.1 Å². The number of aromatic nitrogens is 1. The Morgan fingerprint density at radius 1 is 1.30 bits per heavy atom. The van der Waals surface area contributed by atoms with Crippen LogP contribution in [0.5, 0.6) is 5.75 Å². The van der Waals surface area contributed by atoms with E-state index in [9.17, 15) is 8.78 Å². The molecule has 1 atom stereocenters. The van der Waals surface area contributed by atoms with Gasteiger partial charge in [-0.2, -0.15) is 0 Å². The summed E-state index contributed by atoms with van der Waals surface area (Å²) in [6.07, 6.45) is 1.15. The van der Waals surface area contributed by atoms with Gasteiger partial charge < -0.3 is 4.74 Å². The number of alkyl halides is 2. The Labute approximate surface area is 133 Å². The zero-order valence-corrected chi connectivity index (χ0v) is 12.9. The average molecular weight is 316 g/mol. The van der Waals surface area contributed by atoms with Gasteiger partial charge in [-0.1, -0.05) is 24.3 Å². The van der Waals surface area contributed by atoms with Gasteiger partial charge in [0.15, 0.2) is 0 Å². The second-order valence-electron chi connectivity index (χ2n) is 6.46. The molecule has 1 aliphatic carbocycles. The SMILES string of the molecule is Cc1cc(C2NC3(CC3)COc3ccccc32)cnc1C(F)F. The lowest BCUT2D eigenvalue weighted by atomic mass is 9.97. The molecule has 0 bridgehead atoms. The fourth-order valence-corrected chi connectivity index (χ4v) is 3.19. The number of rotatable bonds is 2. The summed E-state index contributed by atoms with van der Waals surface area (Å²) in [6.45, 7) is 2.33. The average Bonchev–Trinajstić information content (AvgIpc) is 3.33. The molecular weight excluding hydrogens is 298 g/mol. The Bertz CT molecular complexity index is 744. The van der Waals surface area contributed by atoms with Gasteiger partial charge in [-0.15, -0.1) is 0 Å². The van der Waals surface area contributed by atoms with Crippen LogP contribution in [0, 0.1) is 6.92 Å². The second-order valence-corrected chi connectivity index (χ2v) is 6.46. The van der Waals surface area contributed by atoms with Gasteiger partial charge in [-0.05, 0) is 37.0 Å². The highest BCUT2D eigenvalue weighted by molar-refractivity contribution is 5.44. The van der Waals surface area contributed by atoms with Crippen molar-refractivity contribution in [3.8, 4) is 5.75 Å². The van der Waals surface area contributed by atoms with Crippen LogP contribution in [-0.2, 0) is 0 Å². The summed E-state index contributed by atoms with van der Waals surface area (Å²) in [4.78, 5) is 3.99. The number of aryl methyl sites for hydroxylation is 1. The maximum atomic E-state index is 12.9. The van der Waals surface area contributed by atoms with Gasteiger partial charge in [0.25, 0.3) is 6.43 Å². The third-order valence-electron chi connectivity index (χ3n) is 4.72. The molecule has 1 aliphatic heterocycles. The Balaban J connectivity index is 1.78. The lowest BCUT2D eigenvalue weighted by Crippen LogP contribution is -2.37. The monoisotopic (exact) mass is 316 g/mol. The minimum absolute atomic E-state index is 0.00101. The van der Waals surface area contributed by atoms with E-state index in [1.807, 2.05) is 30.3 Å². The van der Waals surface area contributed by atoms with Gasteiger partial charge in [-0.25, -0.2) is 8.78 Å². The molecule has 120 valence electrons. The van der Waals surface area contributed by atoms with E-state index >= 15 is 0 Å². The lowest BCUT2D eigenvalue weighted by Gasteiger charge is -2.22. The third-order valence-corrected chi connectivity index (χ3v) is 4.72. The van der Waals surface area contributed by atoms with Crippen LogP contribution in [0.3, 0.4) is 0 Å². The number of hydrogen-bond donors (Lipinski definition) is 1. The molecule has 1 aromatic carbocycles. The Morgan fingerprint density at radius 2 is 2.09 bits per heavy atom. The lowest BCUT2D eigenvalue weighted by molar-refractivity contribution is 0.145. The standard InChI is InChI=1S/C18H18F2N2O/c1-11-8-12(9-21-15(11)17(19)20)16-13-4-2-3-5-14(13)23-10-18(22-16)6-7-18/h2-5,8-9,16-17,22H,6-7,10H2,1H3. The number of halogens is 2. The summed E-state index contributed by atoms with van der Waals surface area (Å²) < 4.78 is 31.8. The molecule has 1 spiro atoms. The summed E-state index contributed by atoms with van der Waals surface area (Å²) in [5.74, 6) is 0.851. The van der Waals surface area contributed by atoms with Crippen molar-refractivity contribution in [3.05, 3.63) is 58.9 Å². The van der Waals surface area contributed by atoms with Gasteiger partial charge in [-0.3, -0.25) is 10.3 Å². The van der Waals surface area contributed by atoms with Crippen molar-refractivity contribution in [2.45, 2.75) is 37.8 Å². The quantitative estimate of drug-likeness (QED) is 0.911. The molecule has 1 aromatic heterocycles. The first-order valence-corrected chi connectivity index (χ1v) is 7.82. The van der Waals surface area contributed by atoms with Gasteiger partial charge in [0, 0.05) is 11.8 Å². The molecule has 0 amide bonds. The van der Waals surface area contributed by atoms with Crippen LogP contribution in [0.4, 0.5) is 8.78 Å². The summed E-state index contributed by atoms with van der Waals surface area (Å²) in [7, 11) is 0. The van der Waals surface area contributed by atoms with E-state index < -0.39 is 6.43 Å². The highest BCUT2D eigenvalue weighted by atomic mass is 19.3. The van der Waals surface area contributed by atoms with Crippen LogP contribution >= 0.6 is 0 Å². The topological polar surface area (TPSA) is 34.1 Å². The number of nitrogens with one attached hydrogen (secondary N) is 1. The largest absolute Gasteiger partial charge is 0.491 e. The number of benzene rings is 1. The summed E-state index contributed by atoms with van der Waals surface area (Å²) in [5.41, 5.74) is 2.30. The van der Waals surface area contributed by atoms with E-state index in [0.29, 0.717) is 12.2 Å². The molecule has 4 rings (SSSR count). The van der Waals surface area contributed by atoms with Crippen LogP contribution in [-0.4, -0.2) is 17.1 Å². The zero-order chi connectivity index (χ0) is 16.0. The minimum atomic E-state index is -2.54. The van der Waals surface area contributed by atoms with Crippen molar-refractivity contribution in [1.82, 2.24) is 10.3 Å². The highest BCUT2D eigenvalue weighted by Crippen LogP contribution is 2.44. The predicted octanol–water partition coefficient (Wildman–Crippen LogP) is 3.93. The minimum Gasteiger partial charge on any atom is -0.491 e. The maximum absolute atomic E-state index is 12.9. The van der Waals surface area contributed by atoms with E-state index in [2.05, 4.69) is 10.3 Å². The molecule has 1 N–H and O–H groups in total. The number of hydrogen-bond acceptors (Lipinski definition) is 3. The molecule has 0 saturated heterocycles. The summed E-state index contributed by atoms with van der Waals surface area (Å²) in [6, 6.07) is 9.61. The molecule has 23 heavy (non-hydrogen) atoms. The normalized spacial score (nSPS) is 21.7. The van der Waals surface area contributed by atoms with Gasteiger partial charge in [0.2, 0.25) is 0 Å². The van der Waals surface area contributed by atoms with Gasteiger partial charge in [0.1, 0.15) is 18.1 Å². The van der Waals surface area contributed by atoms with Gasteiger partial charge >= 0.3 is 0 Å². The fourth-order valence-electron chi connectivity index (χ4n) is 3.19. The maximum Gasteiger partial charge on any atom is 0.280 e. The summed E-state index contributed by atoms with van der Waals surface area (Å²) >= 11 is 0. The van der Waals surface area contributed by atoms with Crippen molar-refractivity contribution < 1.29 is 13.5 Å². The van der Waals surface area contributed by atoms with E-state index in [0.717, 1.165) is 29.7 Å². The molecule has 2 aromatic rings. The molecule has 2 aliphatic rings. The Kier molecular flexibility index (Phi) is 3.34. The van der Waals surface area contributed by atoms with Crippen LogP contribution in [0.2, 0.25) is 0 Å². The van der Waals surface area contributed by atoms with E-state index in [1.165, 1.54) is 0 Å². The summed E-state index contributed by atoms with van der Waals surface area (Å²) in [5, 5.41) is 3.66. The first-order valence-electron chi connectivity index (χ1n) is 7.82. The first-order chi connectivity index (χ1) is 11.1. The molecule has 1 unspecified atom stereocenters. The van der Waals surface area contributed by atoms with Crippen LogP contribution in [0.1, 0.15) is 47.7 Å². The third kappa shape index (κ3) is 2.59. The van der Waals surface area contributed by atoms with Crippen LogP contribution < -0.4 is 10.1 Å². The number of fused-ring (bicyclic) bond motifs is 1. The number of para-hydroxylation sites is 1. The molecule has 2 heterocycles. The fraction of sp³-hybridized carbons (Fsp3) is 0.389. The Hall–Kier alpha value is -2.01. The molecule has 1 fully saturated rings. The van der Waals surface area contributed by atoms with E-state index in [-0.39, 0.29) is 17.3 Å². The van der Waals surface area contributed by atoms with Crippen molar-refractivity contribution in [2.75, 3.05) is 6.61 Å². The smallest absolute Gasteiger partial charge is 0.280 e. The van der Waals surface area contributed by atoms with Crippen molar-refractivity contribution in [1.29, 1.82) is 0 Å². The molecule has 5 heteroatoms. The van der Waals surface area contributed by atoms with Gasteiger partial charge in [0.05, 0.1) is 11.6 Å². The van der Waals surface area contributed by atoms with Crippen molar-refractivity contribution >= 4 is 0 Å². The first kappa shape index (κ1) is 14.6. The second kappa shape index (κ2) is 5.27. The van der Waals surface area contributed by atoms with Crippen LogP contribution in [0.15, 0.2) is 36.5 Å². The molecular formula is C18H18F2N2O. The number of nitrogens with zero attached hydrogens (tertiary/aromatic N) is 1.